The van der Waals surface area contributed by atoms with Gasteiger partial charge < -0.3 is 15.7 Å². The third-order valence-corrected chi connectivity index (χ3v) is 2.57. The lowest BCUT2D eigenvalue weighted by Gasteiger charge is -2.15. The van der Waals surface area contributed by atoms with E-state index in [1.807, 2.05) is 13.8 Å². The fourth-order valence-electron chi connectivity index (χ4n) is 1.78. The Morgan fingerprint density at radius 2 is 2.31 bits per heavy atom. The first-order valence-electron chi connectivity index (χ1n) is 5.74. The highest BCUT2D eigenvalue weighted by atomic mass is 16.3. The number of aliphatic hydroxyl groups is 1. The highest BCUT2D eigenvalue weighted by Crippen LogP contribution is 2.07. The molecule has 5 heteroatoms. The molecule has 1 saturated heterocycles. The van der Waals surface area contributed by atoms with Crippen LogP contribution in [0.15, 0.2) is 0 Å². The van der Waals surface area contributed by atoms with Crippen LogP contribution < -0.4 is 10.6 Å². The van der Waals surface area contributed by atoms with Gasteiger partial charge in [0, 0.05) is 13.0 Å². The lowest BCUT2D eigenvalue weighted by atomic mass is 10.1. The van der Waals surface area contributed by atoms with Gasteiger partial charge in [0.05, 0.1) is 6.10 Å². The number of nitrogens with one attached hydrogen (secondary N) is 2. The van der Waals surface area contributed by atoms with E-state index in [0.29, 0.717) is 25.2 Å². The second-order valence-electron chi connectivity index (χ2n) is 4.69. The molecule has 0 aromatic carbocycles. The zero-order valence-electron chi connectivity index (χ0n) is 9.82. The Kier molecular flexibility index (Phi) is 4.73. The van der Waals surface area contributed by atoms with Gasteiger partial charge in [-0.25, -0.2) is 0 Å². The number of aliphatic hydroxyl groups excluding tert-OH is 1. The summed E-state index contributed by atoms with van der Waals surface area (Å²) in [7, 11) is 0. The van der Waals surface area contributed by atoms with Crippen molar-refractivity contribution in [2.75, 3.05) is 6.54 Å². The number of hydrogen-bond donors (Lipinski definition) is 3. The molecule has 1 aliphatic rings. The van der Waals surface area contributed by atoms with Crippen LogP contribution in [0.3, 0.4) is 0 Å². The minimum absolute atomic E-state index is 0.0807. The van der Waals surface area contributed by atoms with Crippen molar-refractivity contribution in [3.05, 3.63) is 0 Å². The molecule has 1 aliphatic heterocycles. The van der Waals surface area contributed by atoms with Crippen LogP contribution in [0, 0.1) is 5.92 Å². The second-order valence-corrected chi connectivity index (χ2v) is 4.69. The Bertz CT molecular complexity index is 266. The van der Waals surface area contributed by atoms with E-state index >= 15 is 0 Å². The van der Waals surface area contributed by atoms with Gasteiger partial charge in [0.15, 0.2) is 0 Å². The van der Waals surface area contributed by atoms with Crippen molar-refractivity contribution in [1.29, 1.82) is 0 Å². The van der Waals surface area contributed by atoms with Crippen molar-refractivity contribution >= 4 is 11.8 Å². The quantitative estimate of drug-likeness (QED) is 0.609. The average molecular weight is 228 g/mol. The minimum atomic E-state index is -0.513. The van der Waals surface area contributed by atoms with Crippen LogP contribution >= 0.6 is 0 Å². The maximum Gasteiger partial charge on any atom is 0.242 e. The molecule has 1 fully saturated rings. The van der Waals surface area contributed by atoms with Gasteiger partial charge in [-0.15, -0.1) is 0 Å². The fourth-order valence-corrected chi connectivity index (χ4v) is 1.78. The zero-order valence-corrected chi connectivity index (χ0v) is 9.82. The Morgan fingerprint density at radius 3 is 2.81 bits per heavy atom. The number of amides is 2. The minimum Gasteiger partial charge on any atom is -0.391 e. The third kappa shape index (κ3) is 4.18. The summed E-state index contributed by atoms with van der Waals surface area (Å²) >= 11 is 0. The van der Waals surface area contributed by atoms with Gasteiger partial charge in [-0.05, 0) is 18.8 Å². The van der Waals surface area contributed by atoms with Gasteiger partial charge in [0.1, 0.15) is 6.04 Å². The van der Waals surface area contributed by atoms with E-state index < -0.39 is 12.1 Å². The van der Waals surface area contributed by atoms with E-state index in [-0.39, 0.29) is 18.4 Å². The molecule has 3 N–H and O–H groups in total. The molecule has 0 aromatic rings. The van der Waals surface area contributed by atoms with Crippen LogP contribution in [0.25, 0.3) is 0 Å². The lowest BCUT2D eigenvalue weighted by Crippen LogP contribution is -2.44. The van der Waals surface area contributed by atoms with Crippen molar-refractivity contribution in [3.63, 3.8) is 0 Å². The first-order valence-corrected chi connectivity index (χ1v) is 5.74. The van der Waals surface area contributed by atoms with Gasteiger partial charge in [-0.1, -0.05) is 13.8 Å². The van der Waals surface area contributed by atoms with E-state index in [1.165, 1.54) is 0 Å². The molecule has 2 amide bonds. The molecule has 0 bridgehead atoms. The van der Waals surface area contributed by atoms with Crippen molar-refractivity contribution in [2.45, 2.75) is 45.3 Å². The highest BCUT2D eigenvalue weighted by molar-refractivity contribution is 5.90. The van der Waals surface area contributed by atoms with Crippen LogP contribution in [0.1, 0.15) is 33.1 Å². The zero-order chi connectivity index (χ0) is 12.1. The lowest BCUT2D eigenvalue weighted by molar-refractivity contribution is -0.126. The van der Waals surface area contributed by atoms with E-state index in [9.17, 15) is 14.7 Å². The molecule has 0 aliphatic carbocycles. The predicted octanol–water partition coefficient (Wildman–Crippen LogP) is -0.212. The van der Waals surface area contributed by atoms with Gasteiger partial charge >= 0.3 is 0 Å². The Morgan fingerprint density at radius 1 is 1.62 bits per heavy atom. The Labute approximate surface area is 95.6 Å². The summed E-state index contributed by atoms with van der Waals surface area (Å²) in [5.41, 5.74) is 0. The molecule has 0 saturated carbocycles. The molecule has 5 nitrogen and oxygen atoms in total. The monoisotopic (exact) mass is 228 g/mol. The average Bonchev–Trinajstić information content (AvgIpc) is 2.60. The smallest absolute Gasteiger partial charge is 0.242 e. The summed E-state index contributed by atoms with van der Waals surface area (Å²) in [5.74, 6) is 0.120. The summed E-state index contributed by atoms with van der Waals surface area (Å²) < 4.78 is 0. The Hall–Kier alpha value is -1.10. The number of rotatable bonds is 5. The maximum atomic E-state index is 11.5. The van der Waals surface area contributed by atoms with Crippen LogP contribution in [0.2, 0.25) is 0 Å². The molecular formula is C11H20N2O3. The molecule has 0 spiro atoms. The predicted molar refractivity (Wildman–Crippen MR) is 59.6 cm³/mol. The van der Waals surface area contributed by atoms with Gasteiger partial charge in [-0.3, -0.25) is 9.59 Å². The van der Waals surface area contributed by atoms with Crippen molar-refractivity contribution < 1.29 is 14.7 Å². The van der Waals surface area contributed by atoms with Crippen LogP contribution in [0.5, 0.6) is 0 Å². The summed E-state index contributed by atoms with van der Waals surface area (Å²) in [6, 6.07) is -0.418. The van der Waals surface area contributed by atoms with Gasteiger partial charge in [0.2, 0.25) is 11.8 Å². The van der Waals surface area contributed by atoms with E-state index in [4.69, 9.17) is 0 Å². The molecule has 1 unspecified atom stereocenters. The number of carbonyl (C=O) groups excluding carboxylic acids is 2. The van der Waals surface area contributed by atoms with E-state index in [1.54, 1.807) is 0 Å². The Balaban J connectivity index is 2.22. The standard InChI is InChI=1S/C11H20N2O3/c1-7(2)5-8(14)6-12-11(16)9-3-4-10(15)13-9/h7-9,14H,3-6H2,1-2H3,(H,12,16)(H,13,15)/t8?,9-/m0/s1. The molecular weight excluding hydrogens is 208 g/mol. The van der Waals surface area contributed by atoms with Gasteiger partial charge in [0.25, 0.3) is 0 Å². The molecule has 16 heavy (non-hydrogen) atoms. The summed E-state index contributed by atoms with van der Waals surface area (Å²) in [6.07, 6.45) is 1.11. The fraction of sp³-hybridized carbons (Fsp3) is 0.818. The molecule has 0 radical (unpaired) electrons. The SMILES string of the molecule is CC(C)CC(O)CNC(=O)[C@@H]1CCC(=O)N1. The molecule has 2 atom stereocenters. The maximum absolute atomic E-state index is 11.5. The van der Waals surface area contributed by atoms with Crippen molar-refractivity contribution in [2.24, 2.45) is 5.92 Å². The second kappa shape index (κ2) is 5.84. The molecule has 1 rings (SSSR count). The summed E-state index contributed by atoms with van der Waals surface area (Å²) in [6.45, 7) is 4.29. The normalized spacial score (nSPS) is 22.0. The molecule has 92 valence electrons. The summed E-state index contributed by atoms with van der Waals surface area (Å²) in [5, 5.41) is 14.8. The van der Waals surface area contributed by atoms with Crippen LogP contribution in [0.4, 0.5) is 0 Å². The molecule has 1 heterocycles. The van der Waals surface area contributed by atoms with Crippen molar-refractivity contribution in [3.8, 4) is 0 Å². The first-order chi connectivity index (χ1) is 7.49. The first kappa shape index (κ1) is 13.0. The van der Waals surface area contributed by atoms with Crippen molar-refractivity contribution in [1.82, 2.24) is 10.6 Å². The third-order valence-electron chi connectivity index (χ3n) is 2.57. The number of hydrogen-bond acceptors (Lipinski definition) is 3. The van der Waals surface area contributed by atoms with E-state index in [2.05, 4.69) is 10.6 Å². The van der Waals surface area contributed by atoms with Gasteiger partial charge in [-0.2, -0.15) is 0 Å². The van der Waals surface area contributed by atoms with E-state index in [0.717, 1.165) is 0 Å². The van der Waals surface area contributed by atoms with Crippen LogP contribution in [-0.4, -0.2) is 35.6 Å². The number of carbonyl (C=O) groups is 2. The summed E-state index contributed by atoms with van der Waals surface area (Å²) in [4.78, 5) is 22.4. The topological polar surface area (TPSA) is 78.4 Å². The largest absolute Gasteiger partial charge is 0.391 e. The molecule has 0 aromatic heterocycles. The highest BCUT2D eigenvalue weighted by Gasteiger charge is 2.27. The van der Waals surface area contributed by atoms with Crippen LogP contribution in [-0.2, 0) is 9.59 Å².